The minimum atomic E-state index is 0.190. The van der Waals surface area contributed by atoms with Crippen LogP contribution in [0.2, 0.25) is 0 Å². The summed E-state index contributed by atoms with van der Waals surface area (Å²) in [6.07, 6.45) is 24.3. The second-order valence-electron chi connectivity index (χ2n) is 13.8. The molecule has 0 amide bonds. The van der Waals surface area contributed by atoms with Crippen molar-refractivity contribution in [3.8, 4) is 22.5 Å². The molecule has 52 heavy (non-hydrogen) atoms. The molecule has 242 valence electrons. The van der Waals surface area contributed by atoms with Crippen LogP contribution in [0.4, 0.5) is 0 Å². The molecule has 2 unspecified atom stereocenters. The highest BCUT2D eigenvalue weighted by Crippen LogP contribution is 2.55. The molecule has 0 saturated carbocycles. The van der Waals surface area contributed by atoms with E-state index in [9.17, 15) is 0 Å². The summed E-state index contributed by atoms with van der Waals surface area (Å²) in [5, 5.41) is 3.38. The molecule has 4 aliphatic carbocycles. The van der Waals surface area contributed by atoms with Crippen LogP contribution in [0.25, 0.3) is 66.4 Å². The highest BCUT2D eigenvalue weighted by Gasteiger charge is 2.41. The third-order valence-corrected chi connectivity index (χ3v) is 11.0. The van der Waals surface area contributed by atoms with Gasteiger partial charge in [0.25, 0.3) is 0 Å². The summed E-state index contributed by atoms with van der Waals surface area (Å²) >= 11 is 0. The van der Waals surface area contributed by atoms with E-state index in [0.717, 1.165) is 55.2 Å². The average molecular weight is 663 g/mol. The number of fused-ring (bicyclic) bond motifs is 4. The maximum atomic E-state index is 5.20. The van der Waals surface area contributed by atoms with Gasteiger partial charge >= 0.3 is 0 Å². The lowest BCUT2D eigenvalue weighted by Gasteiger charge is -2.42. The van der Waals surface area contributed by atoms with E-state index in [1.165, 1.54) is 44.6 Å². The third-order valence-electron chi connectivity index (χ3n) is 11.0. The van der Waals surface area contributed by atoms with Crippen molar-refractivity contribution in [2.45, 2.75) is 0 Å². The maximum absolute atomic E-state index is 5.20. The van der Waals surface area contributed by atoms with E-state index in [2.05, 4.69) is 121 Å². The molecule has 4 nitrogen and oxygen atoms in total. The van der Waals surface area contributed by atoms with Crippen molar-refractivity contribution in [1.29, 1.82) is 0 Å². The molecule has 0 radical (unpaired) electrons. The fraction of sp³-hybridized carbons (Fsp3) is 0.0417. The molecule has 3 aromatic carbocycles. The number of rotatable bonds is 4. The van der Waals surface area contributed by atoms with Crippen LogP contribution in [0.15, 0.2) is 193 Å². The lowest BCUT2D eigenvalue weighted by Crippen LogP contribution is -2.30. The number of benzene rings is 3. The second-order valence-corrected chi connectivity index (χ2v) is 13.8. The summed E-state index contributed by atoms with van der Waals surface area (Å²) in [4.78, 5) is 19.5. The molecule has 7 aromatic rings. The summed E-state index contributed by atoms with van der Waals surface area (Å²) in [6, 6.07) is 36.0. The molecule has 0 fully saturated rings. The molecule has 4 aromatic heterocycles. The first-order valence-electron chi connectivity index (χ1n) is 17.8. The Hall–Kier alpha value is -6.78. The summed E-state index contributed by atoms with van der Waals surface area (Å²) in [5.41, 5.74) is 17.2. The average Bonchev–Trinajstić information content (AvgIpc) is 3.22. The Bertz CT molecular complexity index is 2830. The fourth-order valence-corrected chi connectivity index (χ4v) is 8.69. The topological polar surface area (TPSA) is 51.6 Å². The number of aromatic nitrogens is 4. The summed E-state index contributed by atoms with van der Waals surface area (Å²) in [7, 11) is 0. The predicted octanol–water partition coefficient (Wildman–Crippen LogP) is 11.1. The van der Waals surface area contributed by atoms with Crippen LogP contribution in [-0.4, -0.2) is 19.9 Å². The molecular formula is C48H30N4. The van der Waals surface area contributed by atoms with Gasteiger partial charge in [-0.2, -0.15) is 0 Å². The summed E-state index contributed by atoms with van der Waals surface area (Å²) in [5.74, 6) is 0.383. The van der Waals surface area contributed by atoms with Crippen molar-refractivity contribution in [2.75, 3.05) is 0 Å². The van der Waals surface area contributed by atoms with E-state index in [0.29, 0.717) is 0 Å². The van der Waals surface area contributed by atoms with Gasteiger partial charge in [0.05, 0.1) is 27.9 Å². The van der Waals surface area contributed by atoms with E-state index >= 15 is 0 Å². The quantitative estimate of drug-likeness (QED) is 0.139. The Morgan fingerprint density at radius 2 is 1.19 bits per heavy atom. The van der Waals surface area contributed by atoms with Gasteiger partial charge in [0, 0.05) is 63.3 Å². The zero-order chi connectivity index (χ0) is 34.2. The van der Waals surface area contributed by atoms with Crippen LogP contribution < -0.4 is 0 Å². The molecule has 11 rings (SSSR count). The highest BCUT2D eigenvalue weighted by atomic mass is 14.7. The first-order valence-corrected chi connectivity index (χ1v) is 17.8. The van der Waals surface area contributed by atoms with Gasteiger partial charge in [-0.05, 0) is 93.6 Å². The molecule has 0 bridgehead atoms. The van der Waals surface area contributed by atoms with E-state index in [1.807, 2.05) is 48.9 Å². The van der Waals surface area contributed by atoms with Crippen LogP contribution in [0.5, 0.6) is 0 Å². The molecule has 4 heterocycles. The van der Waals surface area contributed by atoms with Gasteiger partial charge in [0.15, 0.2) is 0 Å². The van der Waals surface area contributed by atoms with Crippen LogP contribution >= 0.6 is 0 Å². The van der Waals surface area contributed by atoms with Crippen molar-refractivity contribution in [3.63, 3.8) is 0 Å². The fourth-order valence-electron chi connectivity index (χ4n) is 8.69. The normalized spacial score (nSPS) is 18.6. The minimum Gasteiger partial charge on any atom is -0.256 e. The van der Waals surface area contributed by atoms with Crippen LogP contribution in [0, 0.1) is 11.8 Å². The molecule has 0 aliphatic heterocycles. The molecular weight excluding hydrogens is 633 g/mol. The summed E-state index contributed by atoms with van der Waals surface area (Å²) in [6.45, 7) is 0. The van der Waals surface area contributed by atoms with E-state index in [-0.39, 0.29) is 11.8 Å². The number of para-hydroxylation sites is 1. The largest absolute Gasteiger partial charge is 0.256 e. The van der Waals surface area contributed by atoms with Crippen LogP contribution in [0.1, 0.15) is 11.1 Å². The number of nitrogens with zero attached hydrogens (tertiary/aromatic N) is 4. The summed E-state index contributed by atoms with van der Waals surface area (Å²) < 4.78 is 0. The number of hydrogen-bond acceptors (Lipinski definition) is 4. The van der Waals surface area contributed by atoms with Gasteiger partial charge in [-0.25, -0.2) is 4.98 Å². The molecule has 0 spiro atoms. The van der Waals surface area contributed by atoms with Crippen molar-refractivity contribution < 1.29 is 0 Å². The van der Waals surface area contributed by atoms with Gasteiger partial charge in [0.2, 0.25) is 0 Å². The zero-order valence-corrected chi connectivity index (χ0v) is 28.1. The molecule has 2 atom stereocenters. The van der Waals surface area contributed by atoms with Crippen molar-refractivity contribution in [2.24, 2.45) is 11.8 Å². The third kappa shape index (κ3) is 4.41. The van der Waals surface area contributed by atoms with Crippen molar-refractivity contribution in [3.05, 3.63) is 204 Å². The van der Waals surface area contributed by atoms with Gasteiger partial charge in [0.1, 0.15) is 0 Å². The van der Waals surface area contributed by atoms with E-state index in [1.54, 1.807) is 0 Å². The van der Waals surface area contributed by atoms with Gasteiger partial charge in [-0.3, -0.25) is 15.0 Å². The van der Waals surface area contributed by atoms with Crippen molar-refractivity contribution in [1.82, 2.24) is 19.9 Å². The lowest BCUT2D eigenvalue weighted by molar-refractivity contribution is 0.569. The van der Waals surface area contributed by atoms with Gasteiger partial charge in [-0.15, -0.1) is 0 Å². The Kier molecular flexibility index (Phi) is 6.34. The smallest absolute Gasteiger partial charge is 0.0978 e. The van der Waals surface area contributed by atoms with Gasteiger partial charge in [-0.1, -0.05) is 97.1 Å². The number of pyridine rings is 4. The standard InChI is InChI=1S/C48H30N4/c1-2-12-43-39(9-1)46(40-22-17-31-8-7-25-51-47(31)48(40)52-43)38-21-16-30-14-19-36-35(18-13-29-15-20-37(38)45(30)44(29)36)32-26-33(41-10-3-5-23-49-41)28-34(27-32)42-11-4-6-24-50-42/h1-28,44-45H. The first kappa shape index (κ1) is 29.0. The second kappa shape index (κ2) is 11.4. The van der Waals surface area contributed by atoms with E-state index < -0.39 is 0 Å². The lowest BCUT2D eigenvalue weighted by atomic mass is 9.61. The highest BCUT2D eigenvalue weighted by molar-refractivity contribution is 6.15. The Labute approximate surface area is 301 Å². The number of hydrogen-bond donors (Lipinski definition) is 0. The molecule has 0 saturated heterocycles. The Morgan fingerprint density at radius 1 is 0.481 bits per heavy atom. The molecule has 4 heteroatoms. The minimum absolute atomic E-state index is 0.190. The molecule has 4 aliphatic rings. The van der Waals surface area contributed by atoms with Crippen LogP contribution in [-0.2, 0) is 0 Å². The maximum Gasteiger partial charge on any atom is 0.0978 e. The zero-order valence-electron chi connectivity index (χ0n) is 28.1. The number of allylic oxidation sites excluding steroid dienone is 14. The Balaban J connectivity index is 1.10. The van der Waals surface area contributed by atoms with Gasteiger partial charge < -0.3 is 0 Å². The van der Waals surface area contributed by atoms with Crippen molar-refractivity contribution >= 4 is 43.9 Å². The monoisotopic (exact) mass is 662 g/mol. The molecule has 0 N–H and O–H groups in total. The van der Waals surface area contributed by atoms with Crippen LogP contribution in [0.3, 0.4) is 0 Å². The Morgan fingerprint density at radius 3 is 2.00 bits per heavy atom. The first-order chi connectivity index (χ1) is 25.8. The predicted molar refractivity (Wildman–Crippen MR) is 212 cm³/mol. The van der Waals surface area contributed by atoms with E-state index in [4.69, 9.17) is 19.9 Å². The SMILES string of the molecule is C1=CC2=C(c3c4ccccc4nc4c3ccc3cccnc34)C=CC3=CC=C4C(c5cc(-c6ccccn6)cc(-c6ccccn6)c5)=CC=C1C4C32.